The van der Waals surface area contributed by atoms with Gasteiger partial charge in [0.25, 0.3) is 0 Å². The van der Waals surface area contributed by atoms with E-state index in [9.17, 15) is 0 Å². The fraction of sp³-hybridized carbons (Fsp3) is 0.188. The Bertz CT molecular complexity index is 709. The number of anilines is 1. The second-order valence-corrected chi connectivity index (χ2v) is 5.73. The Kier molecular flexibility index (Phi) is 4.80. The van der Waals surface area contributed by atoms with Crippen molar-refractivity contribution in [1.29, 1.82) is 0 Å². The lowest BCUT2D eigenvalue weighted by molar-refractivity contribution is 0.665. The highest BCUT2D eigenvalue weighted by atomic mass is 79.9. The fourth-order valence-electron chi connectivity index (χ4n) is 2.19. The normalized spacial score (nSPS) is 10.6. The van der Waals surface area contributed by atoms with Gasteiger partial charge < -0.3 is 9.88 Å². The molecule has 0 radical (unpaired) electrons. The summed E-state index contributed by atoms with van der Waals surface area (Å²) in [6.45, 7) is 1.71. The van der Waals surface area contributed by atoms with Crippen LogP contribution in [-0.4, -0.2) is 26.1 Å². The van der Waals surface area contributed by atoms with Crippen LogP contribution in [0, 0.1) is 0 Å². The van der Waals surface area contributed by atoms with Crippen LogP contribution in [0.4, 0.5) is 5.95 Å². The minimum Gasteiger partial charge on any atom is -0.354 e. The predicted octanol–water partition coefficient (Wildman–Crippen LogP) is 3.60. The fourth-order valence-corrected chi connectivity index (χ4v) is 2.40. The van der Waals surface area contributed by atoms with Crippen LogP contribution in [0.1, 0.15) is 6.42 Å². The molecule has 0 unspecified atom stereocenters. The van der Waals surface area contributed by atoms with Crippen LogP contribution in [-0.2, 0) is 6.54 Å². The van der Waals surface area contributed by atoms with Gasteiger partial charge in [0.1, 0.15) is 5.82 Å². The second kappa shape index (κ2) is 7.17. The summed E-state index contributed by atoms with van der Waals surface area (Å²) in [4.78, 5) is 12.8. The van der Waals surface area contributed by atoms with Gasteiger partial charge in [0.15, 0.2) is 0 Å². The van der Waals surface area contributed by atoms with Crippen LogP contribution in [0.3, 0.4) is 0 Å². The molecule has 0 aliphatic carbocycles. The Morgan fingerprint density at radius 3 is 2.59 bits per heavy atom. The number of nitrogens with zero attached hydrogens (tertiary/aromatic N) is 4. The maximum absolute atomic E-state index is 4.45. The summed E-state index contributed by atoms with van der Waals surface area (Å²) in [6, 6.07) is 10.2. The molecule has 3 rings (SSSR count). The molecule has 1 N–H and O–H groups in total. The van der Waals surface area contributed by atoms with Crippen molar-refractivity contribution in [3.05, 3.63) is 59.6 Å². The number of hydrogen-bond acceptors (Lipinski definition) is 4. The lowest BCUT2D eigenvalue weighted by Gasteiger charge is -2.08. The number of imidazole rings is 1. The van der Waals surface area contributed by atoms with Gasteiger partial charge in [-0.1, -0.05) is 30.3 Å². The highest BCUT2D eigenvalue weighted by Gasteiger charge is 2.04. The summed E-state index contributed by atoms with van der Waals surface area (Å²) in [5, 5.41) is 3.22. The third-order valence-corrected chi connectivity index (χ3v) is 3.64. The zero-order valence-electron chi connectivity index (χ0n) is 12.0. The number of rotatable bonds is 6. The van der Waals surface area contributed by atoms with Crippen molar-refractivity contribution >= 4 is 21.9 Å². The van der Waals surface area contributed by atoms with Gasteiger partial charge in [-0.25, -0.2) is 15.0 Å². The van der Waals surface area contributed by atoms with Gasteiger partial charge in [0, 0.05) is 43.4 Å². The van der Waals surface area contributed by atoms with Crippen LogP contribution < -0.4 is 5.32 Å². The van der Waals surface area contributed by atoms with E-state index in [4.69, 9.17) is 0 Å². The lowest BCUT2D eigenvalue weighted by Crippen LogP contribution is -2.09. The Hall–Kier alpha value is -2.21. The zero-order valence-corrected chi connectivity index (χ0v) is 13.6. The van der Waals surface area contributed by atoms with E-state index in [1.807, 2.05) is 30.6 Å². The van der Waals surface area contributed by atoms with Gasteiger partial charge in [0.05, 0.1) is 4.47 Å². The lowest BCUT2D eigenvalue weighted by atomic mass is 10.2. The maximum Gasteiger partial charge on any atom is 0.222 e. The molecule has 0 saturated heterocycles. The van der Waals surface area contributed by atoms with Gasteiger partial charge in [-0.3, -0.25) is 0 Å². The summed E-state index contributed by atoms with van der Waals surface area (Å²) >= 11 is 3.32. The van der Waals surface area contributed by atoms with E-state index in [2.05, 4.69) is 52.9 Å². The zero-order chi connectivity index (χ0) is 15.2. The summed E-state index contributed by atoms with van der Waals surface area (Å²) in [5.41, 5.74) is 1.14. The van der Waals surface area contributed by atoms with Crippen LogP contribution in [0.5, 0.6) is 0 Å². The number of hydrogen-bond donors (Lipinski definition) is 1. The molecule has 22 heavy (non-hydrogen) atoms. The molecule has 5 nitrogen and oxygen atoms in total. The number of aryl methyl sites for hydroxylation is 1. The summed E-state index contributed by atoms with van der Waals surface area (Å²) < 4.78 is 3.04. The monoisotopic (exact) mass is 357 g/mol. The highest BCUT2D eigenvalue weighted by molar-refractivity contribution is 9.10. The molecule has 0 aliphatic heterocycles. The molecule has 0 atom stereocenters. The minimum atomic E-state index is 0.650. The number of nitrogens with one attached hydrogen (secondary N) is 1. The van der Waals surface area contributed by atoms with E-state index in [0.29, 0.717) is 5.95 Å². The van der Waals surface area contributed by atoms with Gasteiger partial charge >= 0.3 is 0 Å². The van der Waals surface area contributed by atoms with Crippen molar-refractivity contribution in [2.45, 2.75) is 13.0 Å². The van der Waals surface area contributed by atoms with Crippen molar-refractivity contribution in [3.63, 3.8) is 0 Å². The van der Waals surface area contributed by atoms with E-state index in [0.717, 1.165) is 35.4 Å². The van der Waals surface area contributed by atoms with E-state index >= 15 is 0 Å². The molecule has 1 aromatic carbocycles. The van der Waals surface area contributed by atoms with Crippen molar-refractivity contribution in [2.24, 2.45) is 0 Å². The van der Waals surface area contributed by atoms with Crippen molar-refractivity contribution < 1.29 is 0 Å². The van der Waals surface area contributed by atoms with Crippen LogP contribution in [0.2, 0.25) is 0 Å². The molecule has 0 bridgehead atoms. The first kappa shape index (κ1) is 14.7. The molecule has 0 amide bonds. The van der Waals surface area contributed by atoms with E-state index in [1.54, 1.807) is 12.4 Å². The van der Waals surface area contributed by atoms with Gasteiger partial charge in [-0.15, -0.1) is 0 Å². The SMILES string of the molecule is Brc1cnc(NCCCn2ccnc2-c2ccccc2)nc1. The largest absolute Gasteiger partial charge is 0.354 e. The van der Waals surface area contributed by atoms with E-state index < -0.39 is 0 Å². The first-order valence-electron chi connectivity index (χ1n) is 7.11. The summed E-state index contributed by atoms with van der Waals surface area (Å²) in [5.74, 6) is 1.65. The third kappa shape index (κ3) is 3.71. The molecular weight excluding hydrogens is 342 g/mol. The van der Waals surface area contributed by atoms with Crippen molar-refractivity contribution in [2.75, 3.05) is 11.9 Å². The molecule has 0 aliphatic rings. The summed E-state index contributed by atoms with van der Waals surface area (Å²) in [6.07, 6.45) is 8.29. The molecule has 112 valence electrons. The van der Waals surface area contributed by atoms with E-state index in [1.165, 1.54) is 0 Å². The highest BCUT2D eigenvalue weighted by Crippen LogP contribution is 2.17. The topological polar surface area (TPSA) is 55.6 Å². The number of aromatic nitrogens is 4. The Balaban J connectivity index is 1.54. The molecule has 0 fully saturated rings. The molecule has 0 saturated carbocycles. The van der Waals surface area contributed by atoms with E-state index in [-0.39, 0.29) is 0 Å². The second-order valence-electron chi connectivity index (χ2n) is 4.82. The van der Waals surface area contributed by atoms with Crippen LogP contribution in [0.25, 0.3) is 11.4 Å². The Morgan fingerprint density at radius 1 is 1.05 bits per heavy atom. The smallest absolute Gasteiger partial charge is 0.222 e. The average Bonchev–Trinajstić information content (AvgIpc) is 3.02. The molecule has 6 heteroatoms. The van der Waals surface area contributed by atoms with Gasteiger partial charge in [-0.2, -0.15) is 0 Å². The molecule has 0 spiro atoms. The summed E-state index contributed by atoms with van der Waals surface area (Å²) in [7, 11) is 0. The minimum absolute atomic E-state index is 0.650. The Morgan fingerprint density at radius 2 is 1.82 bits per heavy atom. The molecule has 3 aromatic rings. The van der Waals surface area contributed by atoms with Crippen molar-refractivity contribution in [3.8, 4) is 11.4 Å². The average molecular weight is 358 g/mol. The Labute approximate surface area is 137 Å². The molecule has 2 aromatic heterocycles. The standard InChI is InChI=1S/C16H16BrN5/c17-14-11-20-16(21-12-14)19-7-4-9-22-10-8-18-15(22)13-5-2-1-3-6-13/h1-3,5-6,8,10-12H,4,7,9H2,(H,19,20,21). The quantitative estimate of drug-likeness (QED) is 0.684. The van der Waals surface area contributed by atoms with Crippen molar-refractivity contribution in [1.82, 2.24) is 19.5 Å². The maximum atomic E-state index is 4.45. The third-order valence-electron chi connectivity index (χ3n) is 3.23. The van der Waals surface area contributed by atoms with Crippen LogP contribution >= 0.6 is 15.9 Å². The number of halogens is 1. The molecule has 2 heterocycles. The predicted molar refractivity (Wildman–Crippen MR) is 90.5 cm³/mol. The van der Waals surface area contributed by atoms with Crippen LogP contribution in [0.15, 0.2) is 59.6 Å². The van der Waals surface area contributed by atoms with Gasteiger partial charge in [-0.05, 0) is 22.4 Å². The number of benzene rings is 1. The van der Waals surface area contributed by atoms with Gasteiger partial charge in [0.2, 0.25) is 5.95 Å². The first-order valence-corrected chi connectivity index (χ1v) is 7.90. The molecular formula is C16H16BrN5. The first-order chi connectivity index (χ1) is 10.8.